The number of anilines is 2. The molecule has 114 valence electrons. The van der Waals surface area contributed by atoms with Gasteiger partial charge in [0.15, 0.2) is 0 Å². The zero-order valence-electron chi connectivity index (χ0n) is 11.9. The van der Waals surface area contributed by atoms with Gasteiger partial charge in [-0.15, -0.1) is 0 Å². The molecule has 0 aliphatic carbocycles. The average molecular weight is 308 g/mol. The van der Waals surface area contributed by atoms with Gasteiger partial charge in [-0.25, -0.2) is 9.78 Å². The Balaban J connectivity index is 1.80. The standard InChI is InChI=1S/C16H12N4O3/c21-14-13(15(22)23)9-18-16(20-14)19-12-3-1-10(2-4-12)11-5-7-17-8-6-11/h1-9H,(H,22,23)(H2,18,19,20,21). The largest absolute Gasteiger partial charge is 0.477 e. The van der Waals surface area contributed by atoms with Crippen molar-refractivity contribution in [1.29, 1.82) is 0 Å². The van der Waals surface area contributed by atoms with E-state index in [2.05, 4.69) is 20.3 Å². The molecule has 23 heavy (non-hydrogen) atoms. The predicted molar refractivity (Wildman–Crippen MR) is 84.8 cm³/mol. The lowest BCUT2D eigenvalue weighted by atomic mass is 10.1. The molecule has 7 heteroatoms. The molecule has 0 unspecified atom stereocenters. The average Bonchev–Trinajstić information content (AvgIpc) is 2.56. The predicted octanol–water partition coefficient (Wildman–Crippen LogP) is 2.27. The second-order valence-electron chi connectivity index (χ2n) is 4.72. The summed E-state index contributed by atoms with van der Waals surface area (Å²) in [6, 6.07) is 11.3. The summed E-state index contributed by atoms with van der Waals surface area (Å²) in [5.74, 6) is -1.14. The minimum absolute atomic E-state index is 0.177. The van der Waals surface area contributed by atoms with Crippen LogP contribution in [0.25, 0.3) is 11.1 Å². The number of rotatable bonds is 4. The van der Waals surface area contributed by atoms with Gasteiger partial charge in [-0.2, -0.15) is 0 Å². The van der Waals surface area contributed by atoms with Crippen LogP contribution in [0.3, 0.4) is 0 Å². The Morgan fingerprint density at radius 1 is 1.04 bits per heavy atom. The third-order valence-electron chi connectivity index (χ3n) is 3.19. The maximum Gasteiger partial charge on any atom is 0.342 e. The summed E-state index contributed by atoms with van der Waals surface area (Å²) in [5.41, 5.74) is 1.69. The van der Waals surface area contributed by atoms with Gasteiger partial charge in [0.2, 0.25) is 5.95 Å². The van der Waals surface area contributed by atoms with Gasteiger partial charge in [0.05, 0.1) is 6.20 Å². The number of nitrogens with zero attached hydrogens (tertiary/aromatic N) is 2. The fourth-order valence-corrected chi connectivity index (χ4v) is 2.04. The number of carboxylic acid groups (broad SMARTS) is 1. The Morgan fingerprint density at radius 2 is 1.70 bits per heavy atom. The fourth-order valence-electron chi connectivity index (χ4n) is 2.04. The normalized spacial score (nSPS) is 10.3. The molecular weight excluding hydrogens is 296 g/mol. The van der Waals surface area contributed by atoms with E-state index in [0.29, 0.717) is 5.69 Å². The number of aromatic carboxylic acids is 1. The summed E-state index contributed by atoms with van der Waals surface area (Å²) < 4.78 is 0. The Morgan fingerprint density at radius 3 is 2.30 bits per heavy atom. The van der Waals surface area contributed by atoms with Gasteiger partial charge >= 0.3 is 5.97 Å². The third kappa shape index (κ3) is 3.24. The van der Waals surface area contributed by atoms with E-state index in [0.717, 1.165) is 17.3 Å². The molecule has 2 heterocycles. The monoisotopic (exact) mass is 308 g/mol. The summed E-state index contributed by atoms with van der Waals surface area (Å²) in [5, 5.41) is 11.7. The van der Waals surface area contributed by atoms with Gasteiger partial charge in [0, 0.05) is 18.1 Å². The minimum Gasteiger partial charge on any atom is -0.477 e. The maximum atomic E-state index is 11.6. The van der Waals surface area contributed by atoms with Crippen molar-refractivity contribution in [2.45, 2.75) is 0 Å². The van der Waals surface area contributed by atoms with E-state index in [1.807, 2.05) is 36.4 Å². The van der Waals surface area contributed by atoms with Crippen LogP contribution in [0.15, 0.2) is 59.8 Å². The molecule has 0 radical (unpaired) electrons. The summed E-state index contributed by atoms with van der Waals surface area (Å²) in [6.45, 7) is 0. The van der Waals surface area contributed by atoms with Crippen molar-refractivity contribution in [2.75, 3.05) is 5.32 Å². The first-order valence-electron chi connectivity index (χ1n) is 6.73. The quantitative estimate of drug-likeness (QED) is 0.682. The van der Waals surface area contributed by atoms with Crippen LogP contribution in [0.1, 0.15) is 10.4 Å². The van der Waals surface area contributed by atoms with Crippen molar-refractivity contribution < 1.29 is 9.90 Å². The lowest BCUT2D eigenvalue weighted by Gasteiger charge is -2.07. The van der Waals surface area contributed by atoms with Crippen LogP contribution in [0.5, 0.6) is 0 Å². The van der Waals surface area contributed by atoms with Gasteiger partial charge in [-0.05, 0) is 35.4 Å². The van der Waals surface area contributed by atoms with Gasteiger partial charge < -0.3 is 10.4 Å². The Bertz CT molecular complexity index is 889. The first-order chi connectivity index (χ1) is 11.1. The van der Waals surface area contributed by atoms with Crippen molar-refractivity contribution in [2.24, 2.45) is 0 Å². The summed E-state index contributed by atoms with van der Waals surface area (Å²) >= 11 is 0. The van der Waals surface area contributed by atoms with Crippen LogP contribution < -0.4 is 10.9 Å². The topological polar surface area (TPSA) is 108 Å². The summed E-state index contributed by atoms with van der Waals surface area (Å²) in [7, 11) is 0. The molecular formula is C16H12N4O3. The molecule has 0 spiro atoms. The highest BCUT2D eigenvalue weighted by atomic mass is 16.4. The molecule has 0 amide bonds. The van der Waals surface area contributed by atoms with Gasteiger partial charge in [0.25, 0.3) is 5.56 Å². The number of nitrogens with one attached hydrogen (secondary N) is 2. The molecule has 0 aliphatic heterocycles. The van der Waals surface area contributed by atoms with Crippen molar-refractivity contribution in [3.63, 3.8) is 0 Å². The van der Waals surface area contributed by atoms with Crippen molar-refractivity contribution >= 4 is 17.6 Å². The van der Waals surface area contributed by atoms with Crippen LogP contribution >= 0.6 is 0 Å². The SMILES string of the molecule is O=C(O)c1cnc(Nc2ccc(-c3ccncc3)cc2)[nH]c1=O. The third-order valence-corrected chi connectivity index (χ3v) is 3.19. The highest BCUT2D eigenvalue weighted by Gasteiger charge is 2.09. The smallest absolute Gasteiger partial charge is 0.342 e. The second-order valence-corrected chi connectivity index (χ2v) is 4.72. The van der Waals surface area contributed by atoms with Crippen LogP contribution in [-0.2, 0) is 0 Å². The van der Waals surface area contributed by atoms with Gasteiger partial charge in [0.1, 0.15) is 5.56 Å². The van der Waals surface area contributed by atoms with E-state index in [1.165, 1.54) is 0 Å². The van der Waals surface area contributed by atoms with Crippen LogP contribution in [0.4, 0.5) is 11.6 Å². The van der Waals surface area contributed by atoms with E-state index in [4.69, 9.17) is 5.11 Å². The number of carboxylic acids is 1. The van der Waals surface area contributed by atoms with Crippen LogP contribution in [0, 0.1) is 0 Å². The molecule has 0 atom stereocenters. The Labute approximate surface area is 130 Å². The molecule has 0 saturated heterocycles. The Kier molecular flexibility index (Phi) is 3.84. The van der Waals surface area contributed by atoms with E-state index in [9.17, 15) is 9.59 Å². The van der Waals surface area contributed by atoms with Gasteiger partial charge in [-0.3, -0.25) is 14.8 Å². The van der Waals surface area contributed by atoms with Crippen molar-refractivity contribution in [3.05, 3.63) is 70.9 Å². The highest BCUT2D eigenvalue weighted by Crippen LogP contribution is 2.21. The number of carbonyl (C=O) groups is 1. The number of benzene rings is 1. The zero-order chi connectivity index (χ0) is 16.2. The van der Waals surface area contributed by atoms with Crippen molar-refractivity contribution in [3.8, 4) is 11.1 Å². The molecule has 0 bridgehead atoms. The molecule has 0 fully saturated rings. The molecule has 3 rings (SSSR count). The first-order valence-corrected chi connectivity index (χ1v) is 6.73. The van der Waals surface area contributed by atoms with Gasteiger partial charge in [-0.1, -0.05) is 12.1 Å². The van der Waals surface area contributed by atoms with E-state index >= 15 is 0 Å². The van der Waals surface area contributed by atoms with Crippen LogP contribution in [0.2, 0.25) is 0 Å². The number of pyridine rings is 1. The number of aromatic amines is 1. The summed E-state index contributed by atoms with van der Waals surface area (Å²) in [4.78, 5) is 32.6. The molecule has 2 aromatic heterocycles. The lowest BCUT2D eigenvalue weighted by Crippen LogP contribution is -2.19. The molecule has 3 N–H and O–H groups in total. The number of hydrogen-bond donors (Lipinski definition) is 3. The molecule has 3 aromatic rings. The molecule has 0 aliphatic rings. The minimum atomic E-state index is -1.31. The highest BCUT2D eigenvalue weighted by molar-refractivity contribution is 5.86. The number of H-pyrrole nitrogens is 1. The molecule has 0 saturated carbocycles. The zero-order valence-corrected chi connectivity index (χ0v) is 11.9. The molecule has 7 nitrogen and oxygen atoms in total. The van der Waals surface area contributed by atoms with E-state index < -0.39 is 17.1 Å². The summed E-state index contributed by atoms with van der Waals surface area (Å²) in [6.07, 6.45) is 4.47. The maximum absolute atomic E-state index is 11.6. The van der Waals surface area contributed by atoms with E-state index in [-0.39, 0.29) is 5.95 Å². The fraction of sp³-hybridized carbons (Fsp3) is 0. The Hall–Kier alpha value is -3.48. The second kappa shape index (κ2) is 6.10. The van der Waals surface area contributed by atoms with E-state index in [1.54, 1.807) is 12.4 Å². The number of aromatic nitrogens is 3. The first kappa shape index (κ1) is 14.5. The lowest BCUT2D eigenvalue weighted by molar-refractivity contribution is 0.0694. The molecule has 1 aromatic carbocycles. The van der Waals surface area contributed by atoms with Crippen molar-refractivity contribution in [1.82, 2.24) is 15.0 Å². The van der Waals surface area contributed by atoms with Crippen LogP contribution in [-0.4, -0.2) is 26.0 Å². The number of hydrogen-bond acceptors (Lipinski definition) is 5.